The molecule has 1 aromatic rings. The molecule has 0 aliphatic heterocycles. The molecule has 21 heavy (non-hydrogen) atoms. The van der Waals surface area contributed by atoms with Crippen LogP contribution in [-0.2, 0) is 11.2 Å². The third kappa shape index (κ3) is 4.48. The highest BCUT2D eigenvalue weighted by molar-refractivity contribution is 5.79. The zero-order valence-electron chi connectivity index (χ0n) is 13.3. The summed E-state index contributed by atoms with van der Waals surface area (Å²) in [6, 6.07) is 8.35. The van der Waals surface area contributed by atoms with Gasteiger partial charge in [0.2, 0.25) is 5.91 Å². The Kier molecular flexibility index (Phi) is 6.09. The molecule has 0 saturated heterocycles. The van der Waals surface area contributed by atoms with Crippen molar-refractivity contribution in [3.05, 3.63) is 29.8 Å². The van der Waals surface area contributed by atoms with E-state index in [2.05, 4.69) is 11.8 Å². The summed E-state index contributed by atoms with van der Waals surface area (Å²) < 4.78 is 5.43. The number of amides is 1. The number of nitrogens with zero attached hydrogens (tertiary/aromatic N) is 1. The number of carbonyl (C=O) groups excluding carboxylic acids is 1. The number of likely N-dealkylation sites (N-methyl/N-ethyl adjacent to an activating group) is 1. The molecule has 1 aliphatic carbocycles. The summed E-state index contributed by atoms with van der Waals surface area (Å²) in [6.45, 7) is 5.55. The maximum Gasteiger partial charge on any atom is 0.227 e. The number of hydrogen-bond donors (Lipinski definition) is 0. The van der Waals surface area contributed by atoms with E-state index in [1.54, 1.807) is 0 Å². The molecule has 0 bridgehead atoms. The Hall–Kier alpha value is -1.51. The van der Waals surface area contributed by atoms with Gasteiger partial charge < -0.3 is 9.64 Å². The molecular formula is C18H27NO2. The van der Waals surface area contributed by atoms with E-state index in [0.717, 1.165) is 17.9 Å². The summed E-state index contributed by atoms with van der Waals surface area (Å²) in [6.07, 6.45) is 6.68. The van der Waals surface area contributed by atoms with E-state index < -0.39 is 0 Å². The van der Waals surface area contributed by atoms with Gasteiger partial charge in [-0.3, -0.25) is 4.79 Å². The molecular weight excluding hydrogens is 262 g/mol. The lowest BCUT2D eigenvalue weighted by atomic mass is 9.93. The summed E-state index contributed by atoms with van der Waals surface area (Å²) in [5.41, 5.74) is 1.07. The molecule has 0 heterocycles. The minimum Gasteiger partial charge on any atom is -0.494 e. The summed E-state index contributed by atoms with van der Waals surface area (Å²) in [4.78, 5) is 14.6. The first kappa shape index (κ1) is 15.9. The van der Waals surface area contributed by atoms with E-state index in [-0.39, 0.29) is 5.91 Å². The maximum atomic E-state index is 12.5. The molecule has 1 aliphatic rings. The normalized spacial score (nSPS) is 15.7. The first-order chi connectivity index (χ1) is 10.2. The Morgan fingerprint density at radius 3 is 2.38 bits per heavy atom. The van der Waals surface area contributed by atoms with Crippen LogP contribution in [0.15, 0.2) is 24.3 Å². The minimum absolute atomic E-state index is 0.258. The number of rotatable bonds is 6. The third-order valence-electron chi connectivity index (χ3n) is 4.27. The maximum absolute atomic E-state index is 12.5. The van der Waals surface area contributed by atoms with Crippen molar-refractivity contribution in [1.82, 2.24) is 4.90 Å². The second-order valence-corrected chi connectivity index (χ2v) is 5.73. The number of carbonyl (C=O) groups is 1. The predicted octanol–water partition coefficient (Wildman–Crippen LogP) is 3.81. The second kappa shape index (κ2) is 8.06. The molecule has 1 aromatic carbocycles. The molecule has 3 nitrogen and oxygen atoms in total. The van der Waals surface area contributed by atoms with Crippen LogP contribution in [0.25, 0.3) is 0 Å². The average Bonchev–Trinajstić information content (AvgIpc) is 2.51. The van der Waals surface area contributed by atoms with Gasteiger partial charge in [0.15, 0.2) is 0 Å². The summed E-state index contributed by atoms with van der Waals surface area (Å²) in [7, 11) is 0. The van der Waals surface area contributed by atoms with Gasteiger partial charge in [0.1, 0.15) is 5.75 Å². The molecule has 0 spiro atoms. The first-order valence-corrected chi connectivity index (χ1v) is 8.25. The van der Waals surface area contributed by atoms with Gasteiger partial charge in [-0.1, -0.05) is 31.4 Å². The Morgan fingerprint density at radius 1 is 1.14 bits per heavy atom. The standard InChI is InChI=1S/C18H27NO2/c1-3-19(16-8-6-5-7-9-16)18(20)14-15-10-12-17(13-11-15)21-4-2/h10-13,16H,3-9,14H2,1-2H3. The van der Waals surface area contributed by atoms with Gasteiger partial charge in [0.25, 0.3) is 0 Å². The van der Waals surface area contributed by atoms with Crippen LogP contribution >= 0.6 is 0 Å². The Bertz CT molecular complexity index is 435. The lowest BCUT2D eigenvalue weighted by Crippen LogP contribution is -2.42. The van der Waals surface area contributed by atoms with E-state index >= 15 is 0 Å². The van der Waals surface area contributed by atoms with Crippen molar-refractivity contribution in [1.29, 1.82) is 0 Å². The van der Waals surface area contributed by atoms with Gasteiger partial charge in [-0.25, -0.2) is 0 Å². The lowest BCUT2D eigenvalue weighted by molar-refractivity contribution is -0.133. The van der Waals surface area contributed by atoms with Gasteiger partial charge in [-0.05, 0) is 44.4 Å². The molecule has 0 radical (unpaired) electrons. The predicted molar refractivity (Wildman–Crippen MR) is 85.6 cm³/mol. The van der Waals surface area contributed by atoms with Gasteiger partial charge in [0.05, 0.1) is 13.0 Å². The Balaban J connectivity index is 1.94. The molecule has 0 atom stereocenters. The largest absolute Gasteiger partial charge is 0.494 e. The van der Waals surface area contributed by atoms with E-state index in [9.17, 15) is 4.79 Å². The highest BCUT2D eigenvalue weighted by Gasteiger charge is 2.23. The van der Waals surface area contributed by atoms with Crippen LogP contribution in [0.1, 0.15) is 51.5 Å². The van der Waals surface area contributed by atoms with Gasteiger partial charge in [0, 0.05) is 12.6 Å². The molecule has 3 heteroatoms. The zero-order valence-corrected chi connectivity index (χ0v) is 13.3. The average molecular weight is 289 g/mol. The van der Waals surface area contributed by atoms with Crippen LogP contribution in [0.2, 0.25) is 0 Å². The zero-order chi connectivity index (χ0) is 15.1. The molecule has 116 valence electrons. The molecule has 0 unspecified atom stereocenters. The van der Waals surface area contributed by atoms with Crippen molar-refractivity contribution >= 4 is 5.91 Å². The number of benzene rings is 1. The van der Waals surface area contributed by atoms with Crippen molar-refractivity contribution in [2.24, 2.45) is 0 Å². The van der Waals surface area contributed by atoms with Crippen molar-refractivity contribution in [2.75, 3.05) is 13.2 Å². The number of hydrogen-bond acceptors (Lipinski definition) is 2. The fraction of sp³-hybridized carbons (Fsp3) is 0.611. The van der Waals surface area contributed by atoms with Crippen LogP contribution in [0.4, 0.5) is 0 Å². The van der Waals surface area contributed by atoms with Gasteiger partial charge in [-0.2, -0.15) is 0 Å². The van der Waals surface area contributed by atoms with Crippen molar-refractivity contribution in [2.45, 2.75) is 58.4 Å². The highest BCUT2D eigenvalue weighted by atomic mass is 16.5. The monoisotopic (exact) mass is 289 g/mol. The van der Waals surface area contributed by atoms with E-state index in [1.165, 1.54) is 32.1 Å². The molecule has 0 N–H and O–H groups in total. The van der Waals surface area contributed by atoms with E-state index in [0.29, 0.717) is 19.1 Å². The van der Waals surface area contributed by atoms with Crippen molar-refractivity contribution in [3.63, 3.8) is 0 Å². The molecule has 1 saturated carbocycles. The van der Waals surface area contributed by atoms with Gasteiger partial charge >= 0.3 is 0 Å². The Morgan fingerprint density at radius 2 is 1.81 bits per heavy atom. The van der Waals surface area contributed by atoms with E-state index in [4.69, 9.17) is 4.74 Å². The molecule has 2 rings (SSSR count). The SMILES string of the molecule is CCOc1ccc(CC(=O)N(CC)C2CCCCC2)cc1. The summed E-state index contributed by atoms with van der Waals surface area (Å²) in [5.74, 6) is 1.13. The minimum atomic E-state index is 0.258. The Labute approximate surface area is 128 Å². The van der Waals surface area contributed by atoms with Gasteiger partial charge in [-0.15, -0.1) is 0 Å². The fourth-order valence-corrected chi connectivity index (χ4v) is 3.18. The molecule has 0 aromatic heterocycles. The van der Waals surface area contributed by atoms with Crippen molar-refractivity contribution < 1.29 is 9.53 Å². The molecule has 1 amide bonds. The van der Waals surface area contributed by atoms with Crippen LogP contribution in [0, 0.1) is 0 Å². The summed E-state index contributed by atoms with van der Waals surface area (Å²) in [5, 5.41) is 0. The summed E-state index contributed by atoms with van der Waals surface area (Å²) >= 11 is 0. The van der Waals surface area contributed by atoms with Crippen LogP contribution in [0.3, 0.4) is 0 Å². The highest BCUT2D eigenvalue weighted by Crippen LogP contribution is 2.23. The topological polar surface area (TPSA) is 29.5 Å². The van der Waals surface area contributed by atoms with Crippen LogP contribution < -0.4 is 4.74 Å². The van der Waals surface area contributed by atoms with Crippen molar-refractivity contribution in [3.8, 4) is 5.75 Å². The fourth-order valence-electron chi connectivity index (χ4n) is 3.18. The quantitative estimate of drug-likeness (QED) is 0.797. The first-order valence-electron chi connectivity index (χ1n) is 8.25. The third-order valence-corrected chi connectivity index (χ3v) is 4.27. The van der Waals surface area contributed by atoms with E-state index in [1.807, 2.05) is 31.2 Å². The molecule has 1 fully saturated rings. The van der Waals surface area contributed by atoms with Crippen LogP contribution in [-0.4, -0.2) is 30.0 Å². The smallest absolute Gasteiger partial charge is 0.227 e. The second-order valence-electron chi connectivity index (χ2n) is 5.73. The lowest BCUT2D eigenvalue weighted by Gasteiger charge is -2.33. The number of ether oxygens (including phenoxy) is 1. The van der Waals surface area contributed by atoms with Crippen LogP contribution in [0.5, 0.6) is 5.75 Å².